The van der Waals surface area contributed by atoms with Crippen LogP contribution < -0.4 is 4.74 Å². The van der Waals surface area contributed by atoms with Gasteiger partial charge in [0, 0.05) is 13.1 Å². The molecule has 4 heteroatoms. The highest BCUT2D eigenvalue weighted by atomic mass is 19.1. The molecule has 1 aromatic rings. The predicted octanol–water partition coefficient (Wildman–Crippen LogP) is 2.64. The second kappa shape index (κ2) is 6.04. The van der Waals surface area contributed by atoms with Gasteiger partial charge in [0.25, 0.3) is 0 Å². The van der Waals surface area contributed by atoms with E-state index in [9.17, 15) is 9.18 Å². The molecule has 2 rings (SSSR count). The third-order valence-electron chi connectivity index (χ3n) is 3.58. The highest BCUT2D eigenvalue weighted by Gasteiger charge is 2.21. The smallest absolute Gasteiger partial charge is 0.227 e. The first-order valence-corrected chi connectivity index (χ1v) is 6.70. The van der Waals surface area contributed by atoms with Gasteiger partial charge >= 0.3 is 0 Å². The van der Waals surface area contributed by atoms with Gasteiger partial charge in [0.15, 0.2) is 11.6 Å². The maximum Gasteiger partial charge on any atom is 0.227 e. The van der Waals surface area contributed by atoms with Gasteiger partial charge in [0.2, 0.25) is 5.91 Å². The van der Waals surface area contributed by atoms with Gasteiger partial charge in [-0.2, -0.15) is 0 Å². The fraction of sp³-hybridized carbons (Fsp3) is 0.533. The van der Waals surface area contributed by atoms with E-state index in [2.05, 4.69) is 6.92 Å². The Morgan fingerprint density at radius 1 is 1.53 bits per heavy atom. The molecule has 0 bridgehead atoms. The Balaban J connectivity index is 2.00. The lowest BCUT2D eigenvalue weighted by molar-refractivity contribution is -0.132. The molecule has 1 aliphatic rings. The van der Waals surface area contributed by atoms with Crippen molar-refractivity contribution < 1.29 is 13.9 Å². The Bertz CT molecular complexity index is 461. The summed E-state index contributed by atoms with van der Waals surface area (Å²) in [5, 5.41) is 0. The molecular formula is C15H20FNO2. The minimum atomic E-state index is -0.417. The van der Waals surface area contributed by atoms with Gasteiger partial charge < -0.3 is 9.64 Å². The zero-order valence-electron chi connectivity index (χ0n) is 11.5. The Morgan fingerprint density at radius 3 is 2.95 bits per heavy atom. The van der Waals surface area contributed by atoms with Crippen molar-refractivity contribution in [2.45, 2.75) is 26.2 Å². The normalized spacial score (nSPS) is 19.3. The molecule has 1 aromatic carbocycles. The van der Waals surface area contributed by atoms with Crippen LogP contribution in [0.4, 0.5) is 4.39 Å². The SMILES string of the molecule is COc1ccc(CC(=O)N2CCCC(C)C2)cc1F. The molecule has 0 aliphatic carbocycles. The van der Waals surface area contributed by atoms with Crippen LogP contribution in [0.3, 0.4) is 0 Å². The number of hydrogen-bond donors (Lipinski definition) is 0. The lowest BCUT2D eigenvalue weighted by Gasteiger charge is -2.31. The van der Waals surface area contributed by atoms with Gasteiger partial charge in [-0.3, -0.25) is 4.79 Å². The van der Waals surface area contributed by atoms with Crippen LogP contribution in [-0.4, -0.2) is 31.0 Å². The summed E-state index contributed by atoms with van der Waals surface area (Å²) in [6.07, 6.45) is 2.50. The Kier molecular flexibility index (Phi) is 4.40. The monoisotopic (exact) mass is 265 g/mol. The molecule has 3 nitrogen and oxygen atoms in total. The summed E-state index contributed by atoms with van der Waals surface area (Å²) in [5.41, 5.74) is 0.696. The van der Waals surface area contributed by atoms with E-state index in [1.807, 2.05) is 4.90 Å². The molecule has 0 aromatic heterocycles. The molecule has 1 unspecified atom stereocenters. The number of likely N-dealkylation sites (tertiary alicyclic amines) is 1. The number of benzene rings is 1. The highest BCUT2D eigenvalue weighted by Crippen LogP contribution is 2.20. The summed E-state index contributed by atoms with van der Waals surface area (Å²) in [7, 11) is 1.43. The lowest BCUT2D eigenvalue weighted by atomic mass is 9.99. The molecule has 0 radical (unpaired) electrons. The van der Waals surface area contributed by atoms with Crippen LogP contribution in [-0.2, 0) is 11.2 Å². The molecule has 0 spiro atoms. The third kappa shape index (κ3) is 3.46. The molecule has 104 valence electrons. The van der Waals surface area contributed by atoms with E-state index >= 15 is 0 Å². The fourth-order valence-corrected chi connectivity index (χ4v) is 2.52. The summed E-state index contributed by atoms with van der Waals surface area (Å²) in [4.78, 5) is 14.0. The summed E-state index contributed by atoms with van der Waals surface area (Å²) in [6, 6.07) is 4.69. The van der Waals surface area contributed by atoms with E-state index < -0.39 is 5.82 Å². The van der Waals surface area contributed by atoms with Crippen molar-refractivity contribution in [3.05, 3.63) is 29.6 Å². The molecule has 1 saturated heterocycles. The Hall–Kier alpha value is -1.58. The molecular weight excluding hydrogens is 245 g/mol. The van der Waals surface area contributed by atoms with Crippen molar-refractivity contribution >= 4 is 5.91 Å². The predicted molar refractivity (Wildman–Crippen MR) is 71.6 cm³/mol. The number of nitrogens with zero attached hydrogens (tertiary/aromatic N) is 1. The fourth-order valence-electron chi connectivity index (χ4n) is 2.52. The zero-order chi connectivity index (χ0) is 13.8. The van der Waals surface area contributed by atoms with Crippen molar-refractivity contribution in [1.29, 1.82) is 0 Å². The van der Waals surface area contributed by atoms with E-state index in [-0.39, 0.29) is 18.1 Å². The average Bonchev–Trinajstić information content (AvgIpc) is 2.39. The van der Waals surface area contributed by atoms with Crippen LogP contribution in [0.1, 0.15) is 25.3 Å². The van der Waals surface area contributed by atoms with Gasteiger partial charge in [-0.25, -0.2) is 4.39 Å². The molecule has 1 aliphatic heterocycles. The number of ether oxygens (including phenoxy) is 1. The van der Waals surface area contributed by atoms with Gasteiger partial charge in [-0.05, 0) is 36.5 Å². The molecule has 1 amide bonds. The van der Waals surface area contributed by atoms with Gasteiger partial charge in [0.1, 0.15) is 0 Å². The second-order valence-electron chi connectivity index (χ2n) is 5.23. The molecule has 1 fully saturated rings. The molecule has 1 heterocycles. The number of halogens is 1. The highest BCUT2D eigenvalue weighted by molar-refractivity contribution is 5.78. The molecule has 0 saturated carbocycles. The van der Waals surface area contributed by atoms with Crippen LogP contribution in [0, 0.1) is 11.7 Å². The molecule has 19 heavy (non-hydrogen) atoms. The van der Waals surface area contributed by atoms with E-state index in [1.54, 1.807) is 12.1 Å². The number of methoxy groups -OCH3 is 1. The lowest BCUT2D eigenvalue weighted by Crippen LogP contribution is -2.39. The van der Waals surface area contributed by atoms with Gasteiger partial charge in [-0.1, -0.05) is 13.0 Å². The first-order chi connectivity index (χ1) is 9.10. The van der Waals surface area contributed by atoms with Crippen molar-refractivity contribution in [2.24, 2.45) is 5.92 Å². The number of carbonyl (C=O) groups is 1. The summed E-state index contributed by atoms with van der Waals surface area (Å²) < 4.78 is 18.4. The topological polar surface area (TPSA) is 29.5 Å². The van der Waals surface area contributed by atoms with Crippen LogP contribution in [0.15, 0.2) is 18.2 Å². The van der Waals surface area contributed by atoms with E-state index in [4.69, 9.17) is 4.74 Å². The van der Waals surface area contributed by atoms with Gasteiger partial charge in [-0.15, -0.1) is 0 Å². The quantitative estimate of drug-likeness (QED) is 0.841. The van der Waals surface area contributed by atoms with Crippen LogP contribution in [0.5, 0.6) is 5.75 Å². The standard InChI is InChI=1S/C15H20FNO2/c1-11-4-3-7-17(10-11)15(18)9-12-5-6-14(19-2)13(16)8-12/h5-6,8,11H,3-4,7,9-10H2,1-2H3. The van der Waals surface area contributed by atoms with Crippen LogP contribution >= 0.6 is 0 Å². The van der Waals surface area contributed by atoms with Crippen LogP contribution in [0.2, 0.25) is 0 Å². The van der Waals surface area contributed by atoms with E-state index in [1.165, 1.54) is 19.6 Å². The second-order valence-corrected chi connectivity index (χ2v) is 5.23. The largest absolute Gasteiger partial charge is 0.494 e. The third-order valence-corrected chi connectivity index (χ3v) is 3.58. The Labute approximate surface area is 113 Å². The Morgan fingerprint density at radius 2 is 2.32 bits per heavy atom. The number of piperidine rings is 1. The number of hydrogen-bond acceptors (Lipinski definition) is 2. The summed E-state index contributed by atoms with van der Waals surface area (Å²) >= 11 is 0. The minimum Gasteiger partial charge on any atom is -0.494 e. The number of rotatable bonds is 3. The van der Waals surface area contributed by atoms with Crippen molar-refractivity contribution in [1.82, 2.24) is 4.90 Å². The first-order valence-electron chi connectivity index (χ1n) is 6.70. The van der Waals surface area contributed by atoms with Crippen molar-refractivity contribution in [3.63, 3.8) is 0 Å². The summed E-state index contributed by atoms with van der Waals surface area (Å²) in [6.45, 7) is 3.80. The maximum atomic E-state index is 13.6. The minimum absolute atomic E-state index is 0.0797. The maximum absolute atomic E-state index is 13.6. The first kappa shape index (κ1) is 13.8. The number of carbonyl (C=O) groups excluding carboxylic acids is 1. The van der Waals surface area contributed by atoms with E-state index in [0.29, 0.717) is 11.5 Å². The molecule has 1 atom stereocenters. The number of amides is 1. The van der Waals surface area contributed by atoms with Crippen molar-refractivity contribution in [2.75, 3.05) is 20.2 Å². The van der Waals surface area contributed by atoms with Crippen LogP contribution in [0.25, 0.3) is 0 Å². The zero-order valence-corrected chi connectivity index (χ0v) is 11.5. The van der Waals surface area contributed by atoms with Gasteiger partial charge in [0.05, 0.1) is 13.5 Å². The average molecular weight is 265 g/mol. The van der Waals surface area contributed by atoms with E-state index in [0.717, 1.165) is 19.5 Å². The van der Waals surface area contributed by atoms with Crippen molar-refractivity contribution in [3.8, 4) is 5.75 Å². The molecule has 0 N–H and O–H groups in total. The summed E-state index contributed by atoms with van der Waals surface area (Å²) in [5.74, 6) is 0.434.